The molecule has 0 bridgehead atoms. The van der Waals surface area contributed by atoms with E-state index in [-0.39, 0.29) is 11.7 Å². The maximum Gasteiger partial charge on any atom is 0.416 e. The summed E-state index contributed by atoms with van der Waals surface area (Å²) < 4.78 is 38.1. The van der Waals surface area contributed by atoms with Crippen LogP contribution >= 0.6 is 0 Å². The van der Waals surface area contributed by atoms with Crippen LogP contribution in [0, 0.1) is 0 Å². The Morgan fingerprint density at radius 2 is 1.81 bits per heavy atom. The minimum atomic E-state index is -4.40. The number of rotatable bonds is 4. The van der Waals surface area contributed by atoms with Gasteiger partial charge in [0, 0.05) is 29.5 Å². The lowest BCUT2D eigenvalue weighted by atomic mass is 10.1. The van der Waals surface area contributed by atoms with E-state index in [4.69, 9.17) is 0 Å². The molecule has 1 amide bonds. The van der Waals surface area contributed by atoms with Crippen molar-refractivity contribution < 1.29 is 18.0 Å². The molecule has 0 saturated carbocycles. The van der Waals surface area contributed by atoms with Crippen LogP contribution in [0.4, 0.5) is 24.5 Å². The number of carbonyl (C=O) groups excluding carboxylic acids is 1. The van der Waals surface area contributed by atoms with Crippen molar-refractivity contribution in [2.24, 2.45) is 7.05 Å². The van der Waals surface area contributed by atoms with Gasteiger partial charge in [0.15, 0.2) is 0 Å². The molecular weight excluding hydrogens is 361 g/mol. The number of nitrogens with zero attached hydrogens (tertiary/aromatic N) is 4. The molecule has 7 nitrogen and oxygen atoms in total. The molecule has 0 aliphatic carbocycles. The molecule has 0 unspecified atom stereocenters. The molecule has 2 N–H and O–H groups in total. The highest BCUT2D eigenvalue weighted by atomic mass is 19.4. The van der Waals surface area contributed by atoms with Crippen molar-refractivity contribution in [2.75, 3.05) is 12.4 Å². The second kappa shape index (κ2) is 7.06. The highest BCUT2D eigenvalue weighted by molar-refractivity contribution is 5.96. The van der Waals surface area contributed by atoms with Crippen molar-refractivity contribution >= 4 is 17.3 Å². The molecule has 0 spiro atoms. The first-order valence-electron chi connectivity index (χ1n) is 7.82. The van der Waals surface area contributed by atoms with Crippen LogP contribution in [-0.2, 0) is 13.2 Å². The van der Waals surface area contributed by atoms with E-state index in [0.717, 1.165) is 12.1 Å². The standard InChI is InChI=1S/C17H15F3N6O/c1-21-16(27)10-3-8-14(13(9-10)15-23-25-26(2)24-15)22-12-6-4-11(5-7-12)17(18,19)20/h3-9,22H,1-2H3,(H,21,27). The quantitative estimate of drug-likeness (QED) is 0.731. The first-order chi connectivity index (χ1) is 12.8. The van der Waals surface area contributed by atoms with E-state index in [1.165, 1.54) is 24.0 Å². The van der Waals surface area contributed by atoms with Crippen LogP contribution in [-0.4, -0.2) is 33.2 Å². The first kappa shape index (κ1) is 18.4. The van der Waals surface area contributed by atoms with Gasteiger partial charge in [-0.05, 0) is 47.7 Å². The summed E-state index contributed by atoms with van der Waals surface area (Å²) in [4.78, 5) is 13.2. The monoisotopic (exact) mass is 376 g/mol. The summed E-state index contributed by atoms with van der Waals surface area (Å²) in [6.07, 6.45) is -4.40. The zero-order chi connectivity index (χ0) is 19.6. The Labute approximate surface area is 152 Å². The van der Waals surface area contributed by atoms with Crippen LogP contribution in [0.3, 0.4) is 0 Å². The number of benzene rings is 2. The van der Waals surface area contributed by atoms with Crippen molar-refractivity contribution in [1.29, 1.82) is 0 Å². The van der Waals surface area contributed by atoms with Crippen molar-refractivity contribution in [3.63, 3.8) is 0 Å². The molecule has 1 aromatic heterocycles. The van der Waals surface area contributed by atoms with Gasteiger partial charge in [-0.15, -0.1) is 10.2 Å². The van der Waals surface area contributed by atoms with Gasteiger partial charge >= 0.3 is 6.18 Å². The largest absolute Gasteiger partial charge is 0.416 e. The molecule has 2 aromatic carbocycles. The van der Waals surface area contributed by atoms with Gasteiger partial charge in [-0.1, -0.05) is 0 Å². The average molecular weight is 376 g/mol. The van der Waals surface area contributed by atoms with Gasteiger partial charge in [-0.25, -0.2) is 0 Å². The number of hydrogen-bond donors (Lipinski definition) is 2. The summed E-state index contributed by atoms with van der Waals surface area (Å²) in [6.45, 7) is 0. The summed E-state index contributed by atoms with van der Waals surface area (Å²) in [5.41, 5.74) is 1.11. The fraction of sp³-hybridized carbons (Fsp3) is 0.176. The number of aryl methyl sites for hydroxylation is 1. The number of carbonyl (C=O) groups is 1. The van der Waals surface area contributed by atoms with Gasteiger partial charge in [0.1, 0.15) is 0 Å². The second-order valence-electron chi connectivity index (χ2n) is 5.64. The summed E-state index contributed by atoms with van der Waals surface area (Å²) in [5, 5.41) is 17.4. The topological polar surface area (TPSA) is 84.7 Å². The van der Waals surface area contributed by atoms with E-state index < -0.39 is 11.7 Å². The maximum atomic E-state index is 12.7. The van der Waals surface area contributed by atoms with Crippen LogP contribution in [0.25, 0.3) is 11.4 Å². The molecule has 0 fully saturated rings. The number of tetrazole rings is 1. The lowest BCUT2D eigenvalue weighted by Crippen LogP contribution is -2.17. The van der Waals surface area contributed by atoms with Crippen LogP contribution in [0.1, 0.15) is 15.9 Å². The average Bonchev–Trinajstić information content (AvgIpc) is 3.07. The fourth-order valence-electron chi connectivity index (χ4n) is 2.41. The van der Waals surface area contributed by atoms with Gasteiger partial charge in [0.2, 0.25) is 5.82 Å². The zero-order valence-corrected chi connectivity index (χ0v) is 14.4. The van der Waals surface area contributed by atoms with E-state index in [2.05, 4.69) is 26.0 Å². The molecule has 27 heavy (non-hydrogen) atoms. The van der Waals surface area contributed by atoms with Gasteiger partial charge in [-0.2, -0.15) is 18.0 Å². The normalized spacial score (nSPS) is 11.3. The van der Waals surface area contributed by atoms with Crippen molar-refractivity contribution in [3.05, 3.63) is 53.6 Å². The van der Waals surface area contributed by atoms with Crippen LogP contribution < -0.4 is 10.6 Å². The predicted octanol–water partition coefficient (Wildman–Crippen LogP) is 3.00. The molecule has 3 aromatic rings. The Balaban J connectivity index is 1.98. The Morgan fingerprint density at radius 3 is 2.37 bits per heavy atom. The molecule has 0 atom stereocenters. The van der Waals surface area contributed by atoms with E-state index in [9.17, 15) is 18.0 Å². The molecule has 0 saturated heterocycles. The summed E-state index contributed by atoms with van der Waals surface area (Å²) in [5.74, 6) is -0.0149. The van der Waals surface area contributed by atoms with E-state index in [1.807, 2.05) is 0 Å². The van der Waals surface area contributed by atoms with Crippen molar-refractivity contribution in [3.8, 4) is 11.4 Å². The Morgan fingerprint density at radius 1 is 1.11 bits per heavy atom. The summed E-state index contributed by atoms with van der Waals surface area (Å²) in [6, 6.07) is 9.43. The third kappa shape index (κ3) is 4.05. The Hall–Kier alpha value is -3.43. The molecule has 0 aliphatic heterocycles. The highest BCUT2D eigenvalue weighted by Crippen LogP contribution is 2.32. The summed E-state index contributed by atoms with van der Waals surface area (Å²) >= 11 is 0. The minimum absolute atomic E-state index is 0.276. The molecule has 0 radical (unpaired) electrons. The smallest absolute Gasteiger partial charge is 0.355 e. The number of alkyl halides is 3. The van der Waals surface area contributed by atoms with Crippen LogP contribution in [0.15, 0.2) is 42.5 Å². The van der Waals surface area contributed by atoms with Crippen molar-refractivity contribution in [1.82, 2.24) is 25.5 Å². The molecule has 0 aliphatic rings. The molecule has 3 rings (SSSR count). The fourth-order valence-corrected chi connectivity index (χ4v) is 2.41. The van der Waals surface area contributed by atoms with Crippen LogP contribution in [0.2, 0.25) is 0 Å². The van der Waals surface area contributed by atoms with Gasteiger partial charge in [-0.3, -0.25) is 4.79 Å². The maximum absolute atomic E-state index is 12.7. The second-order valence-corrected chi connectivity index (χ2v) is 5.64. The molecular formula is C17H15F3N6O. The molecule has 1 heterocycles. The number of amides is 1. The molecule has 10 heteroatoms. The number of halogens is 3. The van der Waals surface area contributed by atoms with Crippen LogP contribution in [0.5, 0.6) is 0 Å². The first-order valence-corrected chi connectivity index (χ1v) is 7.82. The third-order valence-electron chi connectivity index (χ3n) is 3.75. The zero-order valence-electron chi connectivity index (χ0n) is 14.4. The third-order valence-corrected chi connectivity index (χ3v) is 3.75. The van der Waals surface area contributed by atoms with Gasteiger partial charge in [0.05, 0.1) is 12.6 Å². The number of anilines is 2. The lowest BCUT2D eigenvalue weighted by molar-refractivity contribution is -0.137. The van der Waals surface area contributed by atoms with Gasteiger partial charge < -0.3 is 10.6 Å². The van der Waals surface area contributed by atoms with Crippen molar-refractivity contribution in [2.45, 2.75) is 6.18 Å². The van der Waals surface area contributed by atoms with E-state index in [1.54, 1.807) is 25.2 Å². The SMILES string of the molecule is CNC(=O)c1ccc(Nc2ccc(C(F)(F)F)cc2)c(-c2nnn(C)n2)c1. The van der Waals surface area contributed by atoms with Gasteiger partial charge in [0.25, 0.3) is 5.91 Å². The number of aromatic nitrogens is 4. The van der Waals surface area contributed by atoms with E-state index in [0.29, 0.717) is 22.5 Å². The lowest BCUT2D eigenvalue weighted by Gasteiger charge is -2.13. The number of hydrogen-bond acceptors (Lipinski definition) is 5. The predicted molar refractivity (Wildman–Crippen MR) is 92.4 cm³/mol. The Bertz CT molecular complexity index is 966. The summed E-state index contributed by atoms with van der Waals surface area (Å²) in [7, 11) is 3.11. The highest BCUT2D eigenvalue weighted by Gasteiger charge is 2.30. The van der Waals surface area contributed by atoms with E-state index >= 15 is 0 Å². The molecule has 140 valence electrons. The minimum Gasteiger partial charge on any atom is -0.355 e. The Kier molecular flexibility index (Phi) is 4.80. The number of nitrogens with one attached hydrogen (secondary N) is 2.